The minimum atomic E-state index is -3.01. The number of nitrogens with zero attached hydrogens (tertiary/aromatic N) is 1. The molecule has 0 bridgehead atoms. The number of likely N-dealkylation sites (N-methyl/N-ethyl adjacent to an activating group) is 1. The van der Waals surface area contributed by atoms with Gasteiger partial charge in [-0.25, -0.2) is 8.42 Å². The summed E-state index contributed by atoms with van der Waals surface area (Å²) in [4.78, 5) is 14.2. The molecule has 1 aliphatic rings. The van der Waals surface area contributed by atoms with Crippen LogP contribution in [0.5, 0.6) is 0 Å². The molecule has 128 valence electrons. The third kappa shape index (κ3) is 5.04. The lowest BCUT2D eigenvalue weighted by atomic mass is 10.0. The topological polar surface area (TPSA) is 66.5 Å². The van der Waals surface area contributed by atoms with Gasteiger partial charge in [0.15, 0.2) is 9.84 Å². The third-order valence-corrected chi connectivity index (χ3v) is 6.20. The van der Waals surface area contributed by atoms with Crippen molar-refractivity contribution in [3.63, 3.8) is 0 Å². The standard InChI is InChI=1S/C17H26N2O3S/c1-13-5-6-15(14(2)9-13)10-19(4)11-16(20)18-17(3)7-8-23(21,22)12-17/h5-6,9H,7-8,10-12H2,1-4H3,(H,18,20). The summed E-state index contributed by atoms with van der Waals surface area (Å²) in [5.74, 6) is 0.0613. The highest BCUT2D eigenvalue weighted by molar-refractivity contribution is 7.91. The van der Waals surface area contributed by atoms with Gasteiger partial charge in [0.05, 0.1) is 23.6 Å². The van der Waals surface area contributed by atoms with Gasteiger partial charge in [-0.1, -0.05) is 23.8 Å². The van der Waals surface area contributed by atoms with Gasteiger partial charge in [0.1, 0.15) is 0 Å². The fourth-order valence-corrected chi connectivity index (χ4v) is 5.19. The Balaban J connectivity index is 1.90. The normalized spacial score (nSPS) is 23.2. The number of sulfone groups is 1. The Morgan fingerprint density at radius 3 is 2.61 bits per heavy atom. The molecule has 1 saturated heterocycles. The Bertz CT molecular complexity index is 700. The maximum Gasteiger partial charge on any atom is 0.234 e. The first-order chi connectivity index (χ1) is 10.6. The van der Waals surface area contributed by atoms with E-state index in [2.05, 4.69) is 37.4 Å². The maximum atomic E-state index is 12.2. The van der Waals surface area contributed by atoms with Gasteiger partial charge in [0.25, 0.3) is 0 Å². The van der Waals surface area contributed by atoms with Crippen molar-refractivity contribution >= 4 is 15.7 Å². The van der Waals surface area contributed by atoms with Crippen LogP contribution < -0.4 is 5.32 Å². The van der Waals surface area contributed by atoms with E-state index in [1.807, 2.05) is 11.9 Å². The summed E-state index contributed by atoms with van der Waals surface area (Å²) in [5, 5.41) is 2.89. The van der Waals surface area contributed by atoms with Crippen LogP contribution in [0.4, 0.5) is 0 Å². The van der Waals surface area contributed by atoms with E-state index >= 15 is 0 Å². The van der Waals surface area contributed by atoms with E-state index in [1.54, 1.807) is 6.92 Å². The molecule has 1 unspecified atom stereocenters. The Morgan fingerprint density at radius 1 is 1.35 bits per heavy atom. The molecular weight excluding hydrogens is 312 g/mol. The second kappa shape index (κ2) is 6.61. The Kier molecular flexibility index (Phi) is 5.16. The number of nitrogens with one attached hydrogen (secondary N) is 1. The number of carbonyl (C=O) groups is 1. The monoisotopic (exact) mass is 338 g/mol. The van der Waals surface area contributed by atoms with E-state index in [4.69, 9.17) is 0 Å². The number of amides is 1. The molecule has 1 amide bonds. The molecule has 1 fully saturated rings. The second-order valence-corrected chi connectivity index (χ2v) is 9.24. The zero-order valence-corrected chi connectivity index (χ0v) is 15.2. The van der Waals surface area contributed by atoms with Crippen LogP contribution in [0, 0.1) is 13.8 Å². The molecule has 0 aliphatic carbocycles. The highest BCUT2D eigenvalue weighted by Gasteiger charge is 2.39. The molecule has 0 aromatic heterocycles. The third-order valence-electron chi connectivity index (χ3n) is 4.30. The Morgan fingerprint density at radius 2 is 2.04 bits per heavy atom. The van der Waals surface area contributed by atoms with Crippen molar-refractivity contribution in [1.82, 2.24) is 10.2 Å². The number of aryl methyl sites for hydroxylation is 2. The SMILES string of the molecule is Cc1ccc(CN(C)CC(=O)NC2(C)CCS(=O)(=O)C2)c(C)c1. The van der Waals surface area contributed by atoms with Crippen molar-refractivity contribution < 1.29 is 13.2 Å². The van der Waals surface area contributed by atoms with Crippen molar-refractivity contribution in [3.05, 3.63) is 34.9 Å². The van der Waals surface area contributed by atoms with Gasteiger partial charge >= 0.3 is 0 Å². The highest BCUT2D eigenvalue weighted by Crippen LogP contribution is 2.22. The van der Waals surface area contributed by atoms with Crippen molar-refractivity contribution in [1.29, 1.82) is 0 Å². The van der Waals surface area contributed by atoms with Crippen LogP contribution in [0.3, 0.4) is 0 Å². The summed E-state index contributed by atoms with van der Waals surface area (Å²) < 4.78 is 23.2. The molecule has 0 saturated carbocycles. The molecule has 1 aromatic rings. The number of rotatable bonds is 5. The average molecular weight is 338 g/mol. The molecule has 6 heteroatoms. The van der Waals surface area contributed by atoms with Gasteiger partial charge in [-0.05, 0) is 45.4 Å². The molecule has 5 nitrogen and oxygen atoms in total. The van der Waals surface area contributed by atoms with E-state index < -0.39 is 15.4 Å². The number of benzene rings is 1. The first kappa shape index (κ1) is 17.9. The van der Waals surface area contributed by atoms with Crippen LogP contribution in [0.2, 0.25) is 0 Å². The molecular formula is C17H26N2O3S. The molecule has 0 spiro atoms. The van der Waals surface area contributed by atoms with E-state index in [9.17, 15) is 13.2 Å². The summed E-state index contributed by atoms with van der Waals surface area (Å²) in [6.45, 7) is 6.88. The number of carbonyl (C=O) groups excluding carboxylic acids is 1. The molecule has 1 atom stereocenters. The Hall–Kier alpha value is -1.40. The molecule has 1 N–H and O–H groups in total. The smallest absolute Gasteiger partial charge is 0.234 e. The van der Waals surface area contributed by atoms with Gasteiger partial charge in [-0.3, -0.25) is 9.69 Å². The van der Waals surface area contributed by atoms with Crippen molar-refractivity contribution in [2.45, 2.75) is 39.3 Å². The van der Waals surface area contributed by atoms with Crippen LogP contribution in [0.1, 0.15) is 30.0 Å². The van der Waals surface area contributed by atoms with E-state index in [0.29, 0.717) is 13.0 Å². The van der Waals surface area contributed by atoms with Gasteiger partial charge < -0.3 is 5.32 Å². The lowest BCUT2D eigenvalue weighted by Gasteiger charge is -2.26. The van der Waals surface area contributed by atoms with Crippen LogP contribution in [-0.4, -0.2) is 49.9 Å². The first-order valence-electron chi connectivity index (χ1n) is 7.85. The van der Waals surface area contributed by atoms with Gasteiger partial charge in [-0.15, -0.1) is 0 Å². The molecule has 0 radical (unpaired) electrons. The molecule has 1 aromatic carbocycles. The zero-order valence-electron chi connectivity index (χ0n) is 14.3. The fraction of sp³-hybridized carbons (Fsp3) is 0.588. The highest BCUT2D eigenvalue weighted by atomic mass is 32.2. The molecule has 1 heterocycles. The van der Waals surface area contributed by atoms with Crippen molar-refractivity contribution in [2.24, 2.45) is 0 Å². The maximum absolute atomic E-state index is 12.2. The fourth-order valence-electron chi connectivity index (χ4n) is 3.10. The Labute approximate surface area is 139 Å². The summed E-state index contributed by atoms with van der Waals surface area (Å²) in [7, 11) is -1.12. The van der Waals surface area contributed by atoms with E-state index in [0.717, 1.165) is 0 Å². The zero-order chi connectivity index (χ0) is 17.3. The first-order valence-corrected chi connectivity index (χ1v) is 9.67. The quantitative estimate of drug-likeness (QED) is 0.882. The molecule has 23 heavy (non-hydrogen) atoms. The summed E-state index contributed by atoms with van der Waals surface area (Å²) in [6, 6.07) is 6.29. The van der Waals surface area contributed by atoms with E-state index in [-0.39, 0.29) is 24.0 Å². The minimum absolute atomic E-state index is 0.0343. The summed E-state index contributed by atoms with van der Waals surface area (Å²) in [5.41, 5.74) is 3.00. The predicted octanol–water partition coefficient (Wildman–Crippen LogP) is 1.43. The minimum Gasteiger partial charge on any atom is -0.349 e. The van der Waals surface area contributed by atoms with Crippen molar-refractivity contribution in [2.75, 3.05) is 25.1 Å². The van der Waals surface area contributed by atoms with Crippen LogP contribution in [0.25, 0.3) is 0 Å². The number of hydrogen-bond acceptors (Lipinski definition) is 4. The van der Waals surface area contributed by atoms with Crippen LogP contribution >= 0.6 is 0 Å². The lowest BCUT2D eigenvalue weighted by molar-refractivity contribution is -0.123. The summed E-state index contributed by atoms with van der Waals surface area (Å²) >= 11 is 0. The van der Waals surface area contributed by atoms with Gasteiger partial charge in [0.2, 0.25) is 5.91 Å². The predicted molar refractivity (Wildman–Crippen MR) is 92.1 cm³/mol. The lowest BCUT2D eigenvalue weighted by Crippen LogP contribution is -2.49. The largest absolute Gasteiger partial charge is 0.349 e. The van der Waals surface area contributed by atoms with Crippen molar-refractivity contribution in [3.8, 4) is 0 Å². The average Bonchev–Trinajstić information content (AvgIpc) is 2.66. The molecule has 1 aliphatic heterocycles. The van der Waals surface area contributed by atoms with Gasteiger partial charge in [0, 0.05) is 6.54 Å². The number of hydrogen-bond donors (Lipinski definition) is 1. The van der Waals surface area contributed by atoms with Crippen LogP contribution in [0.15, 0.2) is 18.2 Å². The van der Waals surface area contributed by atoms with E-state index in [1.165, 1.54) is 16.7 Å². The van der Waals surface area contributed by atoms with Crippen LogP contribution in [-0.2, 0) is 21.2 Å². The summed E-state index contributed by atoms with van der Waals surface area (Å²) in [6.07, 6.45) is 0.488. The van der Waals surface area contributed by atoms with Gasteiger partial charge in [-0.2, -0.15) is 0 Å². The molecule has 2 rings (SSSR count). The second-order valence-electron chi connectivity index (χ2n) is 7.05.